The van der Waals surface area contributed by atoms with Crippen molar-refractivity contribution in [3.8, 4) is 0 Å². The molecule has 0 amide bonds. The standard InChI is InChI=1S/C12H17ClO3/c1-8-9(7-14)3-2-4-10(8)12(16)11(15)5-6-13/h2-4,11-12,14-16H,5-7H2,1H3. The van der Waals surface area contributed by atoms with Crippen LogP contribution in [0.5, 0.6) is 0 Å². The molecule has 90 valence electrons. The lowest BCUT2D eigenvalue weighted by atomic mass is 9.95. The van der Waals surface area contributed by atoms with Crippen molar-refractivity contribution in [3.63, 3.8) is 0 Å². The van der Waals surface area contributed by atoms with Gasteiger partial charge in [0.05, 0.1) is 12.7 Å². The van der Waals surface area contributed by atoms with Gasteiger partial charge in [0.15, 0.2) is 0 Å². The largest absolute Gasteiger partial charge is 0.392 e. The summed E-state index contributed by atoms with van der Waals surface area (Å²) in [5.41, 5.74) is 2.21. The van der Waals surface area contributed by atoms with E-state index in [4.69, 9.17) is 16.7 Å². The summed E-state index contributed by atoms with van der Waals surface area (Å²) < 4.78 is 0. The highest BCUT2D eigenvalue weighted by atomic mass is 35.5. The zero-order valence-corrected chi connectivity index (χ0v) is 9.98. The third kappa shape index (κ3) is 2.95. The molecule has 1 aromatic rings. The SMILES string of the molecule is Cc1c(CO)cccc1C(O)C(O)CCCl. The first-order valence-electron chi connectivity index (χ1n) is 5.23. The molecule has 3 nitrogen and oxygen atoms in total. The van der Waals surface area contributed by atoms with E-state index in [0.29, 0.717) is 17.9 Å². The number of benzene rings is 1. The first-order chi connectivity index (χ1) is 7.61. The molecule has 1 rings (SSSR count). The highest BCUT2D eigenvalue weighted by Crippen LogP contribution is 2.24. The predicted octanol–water partition coefficient (Wildman–Crippen LogP) is 1.51. The molecule has 0 aromatic heterocycles. The van der Waals surface area contributed by atoms with E-state index in [1.54, 1.807) is 18.2 Å². The van der Waals surface area contributed by atoms with Crippen LogP contribution in [0.4, 0.5) is 0 Å². The Bertz CT molecular complexity index is 341. The molecule has 2 atom stereocenters. The van der Waals surface area contributed by atoms with E-state index in [2.05, 4.69) is 0 Å². The van der Waals surface area contributed by atoms with Crippen molar-refractivity contribution in [2.45, 2.75) is 32.2 Å². The summed E-state index contributed by atoms with van der Waals surface area (Å²) >= 11 is 5.52. The van der Waals surface area contributed by atoms with E-state index in [1.807, 2.05) is 6.92 Å². The van der Waals surface area contributed by atoms with Crippen molar-refractivity contribution in [2.75, 3.05) is 5.88 Å². The Morgan fingerprint density at radius 2 is 2.00 bits per heavy atom. The van der Waals surface area contributed by atoms with Gasteiger partial charge in [0.2, 0.25) is 0 Å². The molecular weight excluding hydrogens is 228 g/mol. The summed E-state index contributed by atoms with van der Waals surface area (Å²) in [6.45, 7) is 1.75. The quantitative estimate of drug-likeness (QED) is 0.688. The van der Waals surface area contributed by atoms with Crippen LogP contribution in [-0.2, 0) is 6.61 Å². The van der Waals surface area contributed by atoms with Crippen LogP contribution < -0.4 is 0 Å². The molecule has 0 heterocycles. The van der Waals surface area contributed by atoms with Crippen molar-refractivity contribution in [1.29, 1.82) is 0 Å². The minimum atomic E-state index is -0.953. The maximum atomic E-state index is 9.93. The zero-order chi connectivity index (χ0) is 12.1. The second kappa shape index (κ2) is 6.21. The van der Waals surface area contributed by atoms with Crippen molar-refractivity contribution in [3.05, 3.63) is 34.9 Å². The first-order valence-corrected chi connectivity index (χ1v) is 5.76. The molecule has 16 heavy (non-hydrogen) atoms. The molecule has 1 aromatic carbocycles. The van der Waals surface area contributed by atoms with Crippen molar-refractivity contribution in [2.24, 2.45) is 0 Å². The molecule has 2 unspecified atom stereocenters. The second-order valence-corrected chi connectivity index (χ2v) is 4.16. The van der Waals surface area contributed by atoms with Gasteiger partial charge in [-0.05, 0) is 30.0 Å². The summed E-state index contributed by atoms with van der Waals surface area (Å²) in [6, 6.07) is 5.29. The fourth-order valence-corrected chi connectivity index (χ4v) is 1.90. The smallest absolute Gasteiger partial charge is 0.105 e. The molecule has 0 saturated heterocycles. The number of aliphatic hydroxyl groups excluding tert-OH is 3. The highest BCUT2D eigenvalue weighted by molar-refractivity contribution is 6.17. The average Bonchev–Trinajstić information content (AvgIpc) is 2.29. The molecule has 3 N–H and O–H groups in total. The van der Waals surface area contributed by atoms with E-state index in [0.717, 1.165) is 11.1 Å². The van der Waals surface area contributed by atoms with Crippen molar-refractivity contribution >= 4 is 11.6 Å². The number of hydrogen-bond acceptors (Lipinski definition) is 3. The van der Waals surface area contributed by atoms with Gasteiger partial charge in [-0.1, -0.05) is 18.2 Å². The molecule has 0 aliphatic rings. The monoisotopic (exact) mass is 244 g/mol. The van der Waals surface area contributed by atoms with E-state index in [1.165, 1.54) is 0 Å². The Morgan fingerprint density at radius 1 is 1.31 bits per heavy atom. The van der Waals surface area contributed by atoms with Gasteiger partial charge in [-0.15, -0.1) is 11.6 Å². The van der Waals surface area contributed by atoms with Crippen LogP contribution in [0.25, 0.3) is 0 Å². The van der Waals surface area contributed by atoms with Crippen molar-refractivity contribution in [1.82, 2.24) is 0 Å². The molecule has 0 bridgehead atoms. The fraction of sp³-hybridized carbons (Fsp3) is 0.500. The molecule has 0 radical (unpaired) electrons. The Balaban J connectivity index is 2.94. The average molecular weight is 245 g/mol. The van der Waals surface area contributed by atoms with Gasteiger partial charge in [0, 0.05) is 5.88 Å². The Hall–Kier alpha value is -0.610. The lowest BCUT2D eigenvalue weighted by molar-refractivity contribution is 0.0165. The van der Waals surface area contributed by atoms with Crippen LogP contribution in [-0.4, -0.2) is 27.3 Å². The van der Waals surface area contributed by atoms with E-state index >= 15 is 0 Å². The van der Waals surface area contributed by atoms with Crippen LogP contribution in [0.2, 0.25) is 0 Å². The number of alkyl halides is 1. The van der Waals surface area contributed by atoms with Gasteiger partial charge in [-0.3, -0.25) is 0 Å². The minimum absolute atomic E-state index is 0.0714. The summed E-state index contributed by atoms with van der Waals surface area (Å²) in [6.07, 6.45) is -1.48. The number of hydrogen-bond donors (Lipinski definition) is 3. The first kappa shape index (κ1) is 13.5. The topological polar surface area (TPSA) is 60.7 Å². The number of rotatable bonds is 5. The summed E-state index contributed by atoms with van der Waals surface area (Å²) in [5, 5.41) is 28.7. The van der Waals surface area contributed by atoms with E-state index in [9.17, 15) is 10.2 Å². The van der Waals surface area contributed by atoms with Crippen LogP contribution in [0.15, 0.2) is 18.2 Å². The van der Waals surface area contributed by atoms with Crippen molar-refractivity contribution < 1.29 is 15.3 Å². The molecule has 0 fully saturated rings. The fourth-order valence-electron chi connectivity index (χ4n) is 1.67. The molecule has 0 spiro atoms. The number of aliphatic hydroxyl groups is 3. The highest BCUT2D eigenvalue weighted by Gasteiger charge is 2.20. The number of halogens is 1. The van der Waals surface area contributed by atoms with Gasteiger partial charge in [0.25, 0.3) is 0 Å². The third-order valence-corrected chi connectivity index (χ3v) is 2.96. The maximum absolute atomic E-state index is 9.93. The molecule has 4 heteroatoms. The van der Waals surface area contributed by atoms with Gasteiger partial charge < -0.3 is 15.3 Å². The summed E-state index contributed by atoms with van der Waals surface area (Å²) in [7, 11) is 0. The second-order valence-electron chi connectivity index (χ2n) is 3.78. The lowest BCUT2D eigenvalue weighted by Gasteiger charge is -2.20. The van der Waals surface area contributed by atoms with E-state index in [-0.39, 0.29) is 6.61 Å². The summed E-state index contributed by atoms with van der Waals surface area (Å²) in [5.74, 6) is 0.303. The minimum Gasteiger partial charge on any atom is -0.392 e. The van der Waals surface area contributed by atoms with Gasteiger partial charge >= 0.3 is 0 Å². The zero-order valence-electron chi connectivity index (χ0n) is 9.23. The molecule has 0 aliphatic heterocycles. The molecule has 0 saturated carbocycles. The van der Waals surface area contributed by atoms with E-state index < -0.39 is 12.2 Å². The Morgan fingerprint density at radius 3 is 2.56 bits per heavy atom. The van der Waals surface area contributed by atoms with Gasteiger partial charge in [-0.25, -0.2) is 0 Å². The van der Waals surface area contributed by atoms with Gasteiger partial charge in [-0.2, -0.15) is 0 Å². The van der Waals surface area contributed by atoms with Gasteiger partial charge in [0.1, 0.15) is 6.10 Å². The third-order valence-electron chi connectivity index (χ3n) is 2.75. The Kier molecular flexibility index (Phi) is 5.22. The Labute approximate surface area is 100 Å². The summed E-state index contributed by atoms with van der Waals surface area (Å²) in [4.78, 5) is 0. The molecule has 0 aliphatic carbocycles. The van der Waals surface area contributed by atoms with Crippen LogP contribution in [0, 0.1) is 6.92 Å². The normalized spacial score (nSPS) is 14.8. The maximum Gasteiger partial charge on any atom is 0.105 e. The molecular formula is C12H17ClO3. The van der Waals surface area contributed by atoms with Crippen LogP contribution in [0.3, 0.4) is 0 Å². The predicted molar refractivity (Wildman–Crippen MR) is 63.4 cm³/mol. The van der Waals surface area contributed by atoms with Crippen LogP contribution >= 0.6 is 11.6 Å². The van der Waals surface area contributed by atoms with Crippen LogP contribution in [0.1, 0.15) is 29.2 Å². The lowest BCUT2D eigenvalue weighted by Crippen LogP contribution is -2.19.